The standard InChI is InChI=1S/C19H13ClFN3OS/c1-11-16-10-17(18(25)22-14-6-2-12(20)3-7-14)26-19(16)24(23-11)15-8-4-13(21)5-9-15/h2-10H,1H3,(H,22,25). The second-order valence-electron chi connectivity index (χ2n) is 5.76. The third-order valence-electron chi connectivity index (χ3n) is 3.94. The van der Waals surface area contributed by atoms with Crippen molar-refractivity contribution in [3.05, 3.63) is 76.0 Å². The van der Waals surface area contributed by atoms with Gasteiger partial charge in [0.25, 0.3) is 5.91 Å². The lowest BCUT2D eigenvalue weighted by Crippen LogP contribution is -2.09. The number of nitrogens with zero attached hydrogens (tertiary/aromatic N) is 2. The molecule has 130 valence electrons. The van der Waals surface area contributed by atoms with Crippen LogP contribution in [0, 0.1) is 12.7 Å². The van der Waals surface area contributed by atoms with Gasteiger partial charge >= 0.3 is 0 Å². The van der Waals surface area contributed by atoms with Gasteiger partial charge in [-0.05, 0) is 61.5 Å². The van der Waals surface area contributed by atoms with Crippen LogP contribution in [0.1, 0.15) is 15.4 Å². The van der Waals surface area contributed by atoms with Crippen LogP contribution in [0.5, 0.6) is 0 Å². The van der Waals surface area contributed by atoms with Crippen LogP contribution in [0.4, 0.5) is 10.1 Å². The van der Waals surface area contributed by atoms with E-state index in [1.54, 1.807) is 41.1 Å². The average Bonchev–Trinajstić information content (AvgIpc) is 3.19. The molecule has 0 atom stereocenters. The minimum absolute atomic E-state index is 0.196. The van der Waals surface area contributed by atoms with Crippen LogP contribution in [0.2, 0.25) is 5.02 Å². The molecular weight excluding hydrogens is 373 g/mol. The highest BCUT2D eigenvalue weighted by molar-refractivity contribution is 7.20. The summed E-state index contributed by atoms with van der Waals surface area (Å²) in [5.41, 5.74) is 2.23. The number of carbonyl (C=O) groups is 1. The van der Waals surface area contributed by atoms with Crippen LogP contribution in [0.3, 0.4) is 0 Å². The molecule has 1 N–H and O–H groups in total. The molecule has 0 aliphatic carbocycles. The number of carbonyl (C=O) groups excluding carboxylic acids is 1. The van der Waals surface area contributed by atoms with Gasteiger partial charge in [-0.15, -0.1) is 11.3 Å². The number of aryl methyl sites for hydroxylation is 1. The smallest absolute Gasteiger partial charge is 0.265 e. The maximum atomic E-state index is 13.2. The largest absolute Gasteiger partial charge is 0.321 e. The van der Waals surface area contributed by atoms with Crippen LogP contribution >= 0.6 is 22.9 Å². The first-order chi connectivity index (χ1) is 12.5. The summed E-state index contributed by atoms with van der Waals surface area (Å²) in [6.45, 7) is 1.88. The molecule has 26 heavy (non-hydrogen) atoms. The number of hydrogen-bond acceptors (Lipinski definition) is 3. The number of aromatic nitrogens is 2. The number of halogens is 2. The molecule has 0 radical (unpaired) electrons. The van der Waals surface area contributed by atoms with Gasteiger partial charge in [0.15, 0.2) is 0 Å². The fraction of sp³-hybridized carbons (Fsp3) is 0.0526. The van der Waals surface area contributed by atoms with Crippen molar-refractivity contribution >= 4 is 44.7 Å². The molecule has 2 aromatic heterocycles. The van der Waals surface area contributed by atoms with Crippen molar-refractivity contribution in [2.45, 2.75) is 6.92 Å². The molecule has 0 saturated carbocycles. The predicted octanol–water partition coefficient (Wildman–Crippen LogP) is 5.44. The molecule has 0 bridgehead atoms. The fourth-order valence-corrected chi connectivity index (χ4v) is 3.85. The first kappa shape index (κ1) is 16.8. The Labute approximate surface area is 157 Å². The average molecular weight is 386 g/mol. The summed E-state index contributed by atoms with van der Waals surface area (Å²) in [5, 5.41) is 8.87. The van der Waals surface area contributed by atoms with Gasteiger partial charge in [0.05, 0.1) is 16.3 Å². The van der Waals surface area contributed by atoms with E-state index < -0.39 is 0 Å². The van der Waals surface area contributed by atoms with E-state index in [-0.39, 0.29) is 11.7 Å². The van der Waals surface area contributed by atoms with Crippen molar-refractivity contribution in [1.82, 2.24) is 9.78 Å². The van der Waals surface area contributed by atoms with E-state index in [2.05, 4.69) is 10.4 Å². The van der Waals surface area contributed by atoms with E-state index in [1.165, 1.54) is 23.5 Å². The zero-order chi connectivity index (χ0) is 18.3. The molecule has 2 aromatic carbocycles. The summed E-state index contributed by atoms with van der Waals surface area (Å²) in [7, 11) is 0. The Hall–Kier alpha value is -2.70. The van der Waals surface area contributed by atoms with Gasteiger partial charge in [-0.2, -0.15) is 5.10 Å². The van der Waals surface area contributed by atoms with E-state index >= 15 is 0 Å². The van der Waals surface area contributed by atoms with Crippen LogP contribution < -0.4 is 5.32 Å². The fourth-order valence-electron chi connectivity index (χ4n) is 2.64. The van der Waals surface area contributed by atoms with Gasteiger partial charge in [0.2, 0.25) is 0 Å². The minimum Gasteiger partial charge on any atom is -0.321 e. The maximum Gasteiger partial charge on any atom is 0.265 e. The highest BCUT2D eigenvalue weighted by atomic mass is 35.5. The Morgan fingerprint density at radius 3 is 2.54 bits per heavy atom. The Morgan fingerprint density at radius 1 is 1.15 bits per heavy atom. The second-order valence-corrected chi connectivity index (χ2v) is 7.23. The number of thiophene rings is 1. The topological polar surface area (TPSA) is 46.9 Å². The highest BCUT2D eigenvalue weighted by Gasteiger charge is 2.17. The van der Waals surface area contributed by atoms with Crippen LogP contribution in [0.15, 0.2) is 54.6 Å². The maximum absolute atomic E-state index is 13.2. The lowest BCUT2D eigenvalue weighted by Gasteiger charge is -2.04. The van der Waals surface area contributed by atoms with Crippen molar-refractivity contribution in [2.75, 3.05) is 5.32 Å². The Morgan fingerprint density at radius 2 is 1.85 bits per heavy atom. The molecule has 4 rings (SSSR count). The third kappa shape index (κ3) is 3.09. The zero-order valence-electron chi connectivity index (χ0n) is 13.7. The lowest BCUT2D eigenvalue weighted by atomic mass is 10.3. The van der Waals surface area contributed by atoms with E-state index in [9.17, 15) is 9.18 Å². The molecule has 4 nitrogen and oxygen atoms in total. The van der Waals surface area contributed by atoms with E-state index in [4.69, 9.17) is 11.6 Å². The number of amides is 1. The van der Waals surface area contributed by atoms with Crippen molar-refractivity contribution in [1.29, 1.82) is 0 Å². The minimum atomic E-state index is -0.303. The predicted molar refractivity (Wildman–Crippen MR) is 103 cm³/mol. The monoisotopic (exact) mass is 385 g/mol. The molecule has 4 aromatic rings. The molecule has 0 saturated heterocycles. The van der Waals surface area contributed by atoms with Crippen molar-refractivity contribution < 1.29 is 9.18 Å². The number of hydrogen-bond donors (Lipinski definition) is 1. The van der Waals surface area contributed by atoms with Crippen molar-refractivity contribution in [3.8, 4) is 5.69 Å². The molecule has 0 spiro atoms. The zero-order valence-corrected chi connectivity index (χ0v) is 15.2. The molecule has 2 heterocycles. The summed E-state index contributed by atoms with van der Waals surface area (Å²) in [5.74, 6) is -0.498. The highest BCUT2D eigenvalue weighted by Crippen LogP contribution is 2.31. The molecule has 7 heteroatoms. The SMILES string of the molecule is Cc1nn(-c2ccc(F)cc2)c2sc(C(=O)Nc3ccc(Cl)cc3)cc12. The Kier molecular flexibility index (Phi) is 4.22. The number of nitrogens with one attached hydrogen (secondary N) is 1. The number of fused-ring (bicyclic) bond motifs is 1. The van der Waals surface area contributed by atoms with E-state index in [0.29, 0.717) is 15.6 Å². The normalized spacial score (nSPS) is 11.0. The van der Waals surface area contributed by atoms with Gasteiger partial charge in [-0.25, -0.2) is 9.07 Å². The summed E-state index contributed by atoms with van der Waals surface area (Å²) in [6, 6.07) is 14.9. The van der Waals surface area contributed by atoms with Gasteiger partial charge in [-0.1, -0.05) is 11.6 Å². The van der Waals surface area contributed by atoms with Gasteiger partial charge in [-0.3, -0.25) is 4.79 Å². The Balaban J connectivity index is 1.69. The van der Waals surface area contributed by atoms with Crippen LogP contribution in [-0.4, -0.2) is 15.7 Å². The second kappa shape index (κ2) is 6.55. The summed E-state index contributed by atoms with van der Waals surface area (Å²) >= 11 is 7.21. The van der Waals surface area contributed by atoms with Crippen LogP contribution in [-0.2, 0) is 0 Å². The van der Waals surface area contributed by atoms with E-state index in [1.807, 2.05) is 13.0 Å². The molecule has 1 amide bonds. The molecular formula is C19H13ClFN3OS. The number of benzene rings is 2. The molecule has 0 unspecified atom stereocenters. The lowest BCUT2D eigenvalue weighted by molar-refractivity contribution is 0.103. The number of rotatable bonds is 3. The molecule has 0 fully saturated rings. The summed E-state index contributed by atoms with van der Waals surface area (Å²) < 4.78 is 14.9. The van der Waals surface area contributed by atoms with Gasteiger partial charge in [0.1, 0.15) is 10.6 Å². The molecule has 0 aliphatic heterocycles. The van der Waals surface area contributed by atoms with Gasteiger partial charge < -0.3 is 5.32 Å². The van der Waals surface area contributed by atoms with Gasteiger partial charge in [0, 0.05) is 16.1 Å². The van der Waals surface area contributed by atoms with E-state index in [0.717, 1.165) is 21.6 Å². The summed E-state index contributed by atoms with van der Waals surface area (Å²) in [4.78, 5) is 14.0. The third-order valence-corrected chi connectivity index (χ3v) is 5.30. The number of anilines is 1. The molecule has 0 aliphatic rings. The van der Waals surface area contributed by atoms with Crippen molar-refractivity contribution in [3.63, 3.8) is 0 Å². The Bertz CT molecular complexity index is 1100. The summed E-state index contributed by atoms with van der Waals surface area (Å²) in [6.07, 6.45) is 0. The first-order valence-corrected chi connectivity index (χ1v) is 9.03. The van der Waals surface area contributed by atoms with Crippen molar-refractivity contribution in [2.24, 2.45) is 0 Å². The quantitative estimate of drug-likeness (QED) is 0.510. The van der Waals surface area contributed by atoms with Crippen LogP contribution in [0.25, 0.3) is 15.9 Å². The first-order valence-electron chi connectivity index (χ1n) is 7.83.